The van der Waals surface area contributed by atoms with Crippen molar-refractivity contribution in [3.05, 3.63) is 30.5 Å². The fourth-order valence-electron chi connectivity index (χ4n) is 1.73. The van der Waals surface area contributed by atoms with E-state index in [2.05, 4.69) is 38.9 Å². The third-order valence-electron chi connectivity index (χ3n) is 2.33. The van der Waals surface area contributed by atoms with Crippen molar-refractivity contribution in [1.82, 2.24) is 8.35 Å². The van der Waals surface area contributed by atoms with Gasteiger partial charge in [0, 0.05) is 17.0 Å². The van der Waals surface area contributed by atoms with Gasteiger partial charge in [0.1, 0.15) is 4.83 Å². The highest BCUT2D eigenvalue weighted by Crippen LogP contribution is 2.33. The summed E-state index contributed by atoms with van der Waals surface area (Å²) in [5, 5.41) is 2.56. The van der Waals surface area contributed by atoms with E-state index in [-0.39, 0.29) is 0 Å². The van der Waals surface area contributed by atoms with Crippen LogP contribution in [-0.2, 0) is 0 Å². The highest BCUT2D eigenvalue weighted by molar-refractivity contribution is 7.97. The van der Waals surface area contributed by atoms with E-state index < -0.39 is 0 Å². The first-order chi connectivity index (χ1) is 7.92. The zero-order valence-corrected chi connectivity index (χ0v) is 11.2. The van der Waals surface area contributed by atoms with E-state index in [0.29, 0.717) is 0 Å². The van der Waals surface area contributed by atoms with E-state index in [1.807, 2.05) is 20.0 Å². The highest BCUT2D eigenvalue weighted by Gasteiger charge is 2.10. The SMILES string of the molecule is CC.CSn1c2ccccc2c2cnsc21. The predicted octanol–water partition coefficient (Wildman–Crippen LogP) is 4.40. The monoisotopic (exact) mass is 250 g/mol. The van der Waals surface area contributed by atoms with Crippen LogP contribution in [0.15, 0.2) is 30.5 Å². The second-order valence-electron chi connectivity index (χ2n) is 3.04. The summed E-state index contributed by atoms with van der Waals surface area (Å²) in [7, 11) is 0. The molecule has 0 amide bonds. The summed E-state index contributed by atoms with van der Waals surface area (Å²) in [6, 6.07) is 8.45. The van der Waals surface area contributed by atoms with Crippen LogP contribution in [0.1, 0.15) is 13.8 Å². The summed E-state index contributed by atoms with van der Waals surface area (Å²) >= 11 is 3.28. The maximum absolute atomic E-state index is 4.23. The molecule has 0 aliphatic rings. The van der Waals surface area contributed by atoms with Gasteiger partial charge in [0.2, 0.25) is 0 Å². The number of fused-ring (bicyclic) bond motifs is 3. The van der Waals surface area contributed by atoms with Crippen molar-refractivity contribution < 1.29 is 0 Å². The topological polar surface area (TPSA) is 17.8 Å². The van der Waals surface area contributed by atoms with Gasteiger partial charge in [-0.3, -0.25) is 3.97 Å². The Labute approximate surface area is 104 Å². The van der Waals surface area contributed by atoms with Crippen LogP contribution in [0.2, 0.25) is 0 Å². The lowest BCUT2D eigenvalue weighted by molar-refractivity contribution is 1.45. The predicted molar refractivity (Wildman–Crippen MR) is 75.4 cm³/mol. The van der Waals surface area contributed by atoms with Gasteiger partial charge in [-0.05, 0) is 29.5 Å². The van der Waals surface area contributed by atoms with Gasteiger partial charge in [0.05, 0.1) is 11.7 Å². The Morgan fingerprint density at radius 3 is 2.69 bits per heavy atom. The largest absolute Gasteiger partial charge is 0.273 e. The molecule has 84 valence electrons. The zero-order chi connectivity index (χ0) is 11.5. The van der Waals surface area contributed by atoms with Crippen molar-refractivity contribution in [3.63, 3.8) is 0 Å². The standard InChI is InChI=1S/C10H8N2S2.C2H6/c1-13-12-9-5-3-2-4-7(9)8-6-11-14-10(8)12;1-2/h2-6H,1H3;1-2H3. The second kappa shape index (κ2) is 4.89. The van der Waals surface area contributed by atoms with E-state index >= 15 is 0 Å². The molecule has 3 rings (SSSR count). The molecule has 1 aromatic carbocycles. The van der Waals surface area contributed by atoms with Crippen LogP contribution in [0.25, 0.3) is 21.1 Å². The molecule has 0 N–H and O–H groups in total. The number of aromatic nitrogens is 2. The Kier molecular flexibility index (Phi) is 3.51. The van der Waals surface area contributed by atoms with Gasteiger partial charge in [0.25, 0.3) is 0 Å². The minimum absolute atomic E-state index is 1.25. The fraction of sp³-hybridized carbons (Fsp3) is 0.250. The van der Waals surface area contributed by atoms with Gasteiger partial charge in [-0.15, -0.1) is 0 Å². The number of rotatable bonds is 1. The molecule has 0 spiro atoms. The molecule has 4 heteroatoms. The molecule has 0 aliphatic heterocycles. The number of hydrogen-bond donors (Lipinski definition) is 0. The third kappa shape index (κ3) is 1.62. The molecule has 0 atom stereocenters. The molecule has 0 aliphatic carbocycles. The first-order valence-corrected chi connectivity index (χ1v) is 7.25. The molecule has 2 nitrogen and oxygen atoms in total. The van der Waals surface area contributed by atoms with Crippen LogP contribution in [0.4, 0.5) is 0 Å². The summed E-state index contributed by atoms with van der Waals surface area (Å²) in [5.41, 5.74) is 1.28. The molecule has 2 heterocycles. The van der Waals surface area contributed by atoms with Gasteiger partial charge in [-0.2, -0.15) is 4.37 Å². The summed E-state index contributed by atoms with van der Waals surface area (Å²) in [5.74, 6) is 0. The number of para-hydroxylation sites is 1. The molecule has 0 saturated heterocycles. The van der Waals surface area contributed by atoms with Gasteiger partial charge in [-0.1, -0.05) is 32.0 Å². The Bertz CT molecular complexity index is 595. The summed E-state index contributed by atoms with van der Waals surface area (Å²) in [6.07, 6.45) is 4.04. The van der Waals surface area contributed by atoms with Crippen molar-refractivity contribution in [2.75, 3.05) is 6.26 Å². The van der Waals surface area contributed by atoms with Gasteiger partial charge >= 0.3 is 0 Å². The average Bonchev–Trinajstić information content (AvgIpc) is 2.91. The van der Waals surface area contributed by atoms with Gasteiger partial charge < -0.3 is 0 Å². The fourth-order valence-corrected chi connectivity index (χ4v) is 3.37. The minimum atomic E-state index is 1.25. The lowest BCUT2D eigenvalue weighted by atomic mass is 10.2. The summed E-state index contributed by atoms with van der Waals surface area (Å²) < 4.78 is 6.47. The van der Waals surface area contributed by atoms with Crippen LogP contribution < -0.4 is 0 Å². The molecular weight excluding hydrogens is 236 g/mol. The Hall–Kier alpha value is -1.00. The lowest BCUT2D eigenvalue weighted by Gasteiger charge is -1.98. The highest BCUT2D eigenvalue weighted by atomic mass is 32.2. The van der Waals surface area contributed by atoms with Crippen molar-refractivity contribution in [3.8, 4) is 0 Å². The number of hydrogen-bond acceptors (Lipinski definition) is 3. The Morgan fingerprint density at radius 2 is 1.94 bits per heavy atom. The summed E-state index contributed by atoms with van der Waals surface area (Å²) in [4.78, 5) is 1.25. The van der Waals surface area contributed by atoms with Crippen molar-refractivity contribution in [2.45, 2.75) is 13.8 Å². The van der Waals surface area contributed by atoms with E-state index in [9.17, 15) is 0 Å². The molecule has 3 aromatic rings. The molecule has 0 saturated carbocycles. The quantitative estimate of drug-likeness (QED) is 0.637. The van der Waals surface area contributed by atoms with Crippen LogP contribution in [0.3, 0.4) is 0 Å². The minimum Gasteiger partial charge on any atom is -0.273 e. The van der Waals surface area contributed by atoms with E-state index in [4.69, 9.17) is 0 Å². The third-order valence-corrected chi connectivity index (χ3v) is 3.98. The lowest BCUT2D eigenvalue weighted by Crippen LogP contribution is -1.80. The van der Waals surface area contributed by atoms with E-state index in [1.165, 1.54) is 21.1 Å². The Balaban J connectivity index is 0.000000457. The van der Waals surface area contributed by atoms with Crippen LogP contribution >= 0.6 is 23.5 Å². The van der Waals surface area contributed by atoms with Crippen molar-refractivity contribution in [2.24, 2.45) is 0 Å². The first-order valence-electron chi connectivity index (χ1n) is 5.30. The zero-order valence-electron chi connectivity index (χ0n) is 9.60. The Morgan fingerprint density at radius 1 is 1.19 bits per heavy atom. The summed E-state index contributed by atoms with van der Waals surface area (Å²) in [6.45, 7) is 4.00. The van der Waals surface area contributed by atoms with Crippen molar-refractivity contribution >= 4 is 44.6 Å². The number of nitrogens with zero attached hydrogens (tertiary/aromatic N) is 2. The average molecular weight is 250 g/mol. The van der Waals surface area contributed by atoms with Gasteiger partial charge in [-0.25, -0.2) is 0 Å². The van der Waals surface area contributed by atoms with E-state index in [0.717, 1.165) is 0 Å². The molecule has 16 heavy (non-hydrogen) atoms. The smallest absolute Gasteiger partial charge is 0.134 e. The second-order valence-corrected chi connectivity index (χ2v) is 4.55. The molecule has 0 radical (unpaired) electrons. The molecule has 0 fully saturated rings. The van der Waals surface area contributed by atoms with Gasteiger partial charge in [0.15, 0.2) is 0 Å². The maximum atomic E-state index is 4.23. The van der Waals surface area contributed by atoms with Crippen LogP contribution in [-0.4, -0.2) is 14.6 Å². The van der Waals surface area contributed by atoms with Crippen molar-refractivity contribution in [1.29, 1.82) is 0 Å². The molecular formula is C12H14N2S2. The maximum Gasteiger partial charge on any atom is 0.134 e. The molecule has 0 bridgehead atoms. The van der Waals surface area contributed by atoms with E-state index in [1.54, 1.807) is 23.5 Å². The first kappa shape index (κ1) is 11.5. The van der Waals surface area contributed by atoms with Crippen LogP contribution in [0, 0.1) is 0 Å². The van der Waals surface area contributed by atoms with Crippen LogP contribution in [0.5, 0.6) is 0 Å². The molecule has 0 unspecified atom stereocenters. The number of benzene rings is 1. The normalized spacial score (nSPS) is 10.4. The molecule has 2 aromatic heterocycles.